The lowest BCUT2D eigenvalue weighted by Crippen LogP contribution is -2.04. The summed E-state index contributed by atoms with van der Waals surface area (Å²) in [5.41, 5.74) is 1.13. The first-order chi connectivity index (χ1) is 4.88. The maximum absolute atomic E-state index is 5.84. The number of thioether (sulfide) groups is 1. The zero-order valence-corrected chi connectivity index (χ0v) is 6.82. The molecule has 0 atom stereocenters. The van der Waals surface area contributed by atoms with E-state index in [-0.39, 0.29) is 0 Å². The lowest BCUT2D eigenvalue weighted by Gasteiger charge is -2.15. The average molecular weight is 172 g/mol. The molecule has 0 radical (unpaired) electrons. The summed E-state index contributed by atoms with van der Waals surface area (Å²) in [6.45, 7) is 0. The van der Waals surface area contributed by atoms with Crippen LogP contribution in [0.2, 0.25) is 0 Å². The molecule has 0 N–H and O–H groups in total. The van der Waals surface area contributed by atoms with Crippen LogP contribution in [-0.2, 0) is 0 Å². The first-order valence-electron chi connectivity index (χ1n) is 3.05. The Hall–Kier alpha value is -0.340. The molecule has 10 heavy (non-hydrogen) atoms. The first kappa shape index (κ1) is 6.38. The van der Waals surface area contributed by atoms with Crippen molar-refractivity contribution in [1.82, 2.24) is 4.42 Å². The molecule has 52 valence electrons. The number of hydrogen-bond acceptors (Lipinski definition) is 2. The maximum atomic E-state index is 5.84. The average Bonchev–Trinajstić information content (AvgIpc) is 2.36. The van der Waals surface area contributed by atoms with Gasteiger partial charge in [0.05, 0.1) is 5.70 Å². The van der Waals surface area contributed by atoms with E-state index < -0.39 is 0 Å². The van der Waals surface area contributed by atoms with Crippen LogP contribution in [0.15, 0.2) is 35.0 Å². The number of nitrogens with zero attached hydrogens (tertiary/aromatic N) is 1. The molecular weight excluding hydrogens is 166 g/mol. The number of hydrogen-bond donors (Lipinski definition) is 0. The monoisotopic (exact) mass is 171 g/mol. The normalized spacial score (nSPS) is 22.3. The second-order valence-corrected chi connectivity index (χ2v) is 3.51. The summed E-state index contributed by atoms with van der Waals surface area (Å²) in [7, 11) is 0. The zero-order chi connectivity index (χ0) is 6.97. The highest BCUT2D eigenvalue weighted by Gasteiger charge is 2.17. The Kier molecular flexibility index (Phi) is 1.51. The van der Waals surface area contributed by atoms with Gasteiger partial charge in [-0.2, -0.15) is 0 Å². The summed E-state index contributed by atoms with van der Waals surface area (Å²) < 4.78 is 1.63. The summed E-state index contributed by atoms with van der Waals surface area (Å²) in [5, 5.41) is 0. The first-order valence-corrected chi connectivity index (χ1v) is 4.37. The van der Waals surface area contributed by atoms with Gasteiger partial charge in [0.1, 0.15) is 0 Å². The third-order valence-electron chi connectivity index (χ3n) is 1.46. The van der Waals surface area contributed by atoms with E-state index in [0.717, 1.165) is 11.4 Å². The van der Waals surface area contributed by atoms with E-state index >= 15 is 0 Å². The van der Waals surface area contributed by atoms with Gasteiger partial charge in [-0.15, -0.1) is 11.8 Å². The second kappa shape index (κ2) is 2.36. The van der Waals surface area contributed by atoms with Crippen molar-refractivity contribution in [3.63, 3.8) is 0 Å². The van der Waals surface area contributed by atoms with E-state index in [1.54, 1.807) is 4.42 Å². The predicted octanol–water partition coefficient (Wildman–Crippen LogP) is 2.48. The molecule has 0 saturated carbocycles. The van der Waals surface area contributed by atoms with E-state index in [9.17, 15) is 0 Å². The van der Waals surface area contributed by atoms with Gasteiger partial charge in [0.15, 0.2) is 0 Å². The summed E-state index contributed by atoms with van der Waals surface area (Å²) >= 11 is 7.66. The Morgan fingerprint density at radius 2 is 2.50 bits per heavy atom. The smallest absolute Gasteiger partial charge is 0.0678 e. The molecule has 3 heteroatoms. The molecule has 0 fully saturated rings. The van der Waals surface area contributed by atoms with Crippen LogP contribution in [0.25, 0.3) is 0 Å². The summed E-state index contributed by atoms with van der Waals surface area (Å²) in [4.78, 5) is 1.28. The highest BCUT2D eigenvalue weighted by Crippen LogP contribution is 2.36. The van der Waals surface area contributed by atoms with E-state index in [0.29, 0.717) is 0 Å². The zero-order valence-electron chi connectivity index (χ0n) is 5.25. The van der Waals surface area contributed by atoms with E-state index in [4.69, 9.17) is 11.8 Å². The van der Waals surface area contributed by atoms with Crippen LogP contribution in [-0.4, -0.2) is 10.2 Å². The molecular formula is C7H6ClNS. The minimum Gasteiger partial charge on any atom is -0.260 e. The third kappa shape index (κ3) is 0.879. The van der Waals surface area contributed by atoms with Crippen LogP contribution in [0.3, 0.4) is 0 Å². The third-order valence-corrected chi connectivity index (χ3v) is 2.75. The summed E-state index contributed by atoms with van der Waals surface area (Å²) in [6, 6.07) is 0. The summed E-state index contributed by atoms with van der Waals surface area (Å²) in [6.07, 6.45) is 8.02. The topological polar surface area (TPSA) is 3.24 Å². The van der Waals surface area contributed by atoms with Crippen LogP contribution < -0.4 is 0 Å². The Morgan fingerprint density at radius 3 is 3.30 bits per heavy atom. The van der Waals surface area contributed by atoms with Crippen molar-refractivity contribution >= 4 is 23.5 Å². The van der Waals surface area contributed by atoms with Crippen molar-refractivity contribution in [1.29, 1.82) is 0 Å². The molecule has 0 saturated heterocycles. The fourth-order valence-electron chi connectivity index (χ4n) is 0.997. The van der Waals surface area contributed by atoms with E-state index in [2.05, 4.69) is 12.2 Å². The molecule has 0 aromatic carbocycles. The molecule has 2 aliphatic rings. The predicted molar refractivity (Wildman–Crippen MR) is 45.5 cm³/mol. The number of rotatable bonds is 0. The van der Waals surface area contributed by atoms with Crippen LogP contribution in [0.4, 0.5) is 0 Å². The van der Waals surface area contributed by atoms with Gasteiger partial charge >= 0.3 is 0 Å². The second-order valence-electron chi connectivity index (χ2n) is 2.08. The maximum Gasteiger partial charge on any atom is 0.0678 e. The lowest BCUT2D eigenvalue weighted by molar-refractivity contribution is 0.766. The van der Waals surface area contributed by atoms with E-state index in [1.165, 1.54) is 4.91 Å². The van der Waals surface area contributed by atoms with E-state index in [1.807, 2.05) is 24.0 Å². The number of allylic oxidation sites excluding steroid dienone is 2. The Bertz CT molecular complexity index is 242. The van der Waals surface area contributed by atoms with Gasteiger partial charge in [-0.05, 0) is 18.2 Å². The molecule has 1 nitrogen and oxygen atoms in total. The van der Waals surface area contributed by atoms with Crippen molar-refractivity contribution in [2.24, 2.45) is 0 Å². The van der Waals surface area contributed by atoms with Gasteiger partial charge < -0.3 is 0 Å². The highest BCUT2D eigenvalue weighted by molar-refractivity contribution is 8.03. The molecule has 0 aromatic rings. The molecule has 0 spiro atoms. The van der Waals surface area contributed by atoms with Crippen molar-refractivity contribution in [2.45, 2.75) is 0 Å². The summed E-state index contributed by atoms with van der Waals surface area (Å²) in [5.74, 6) is 1.05. The van der Waals surface area contributed by atoms with Crippen LogP contribution >= 0.6 is 23.5 Å². The molecule has 2 aliphatic heterocycles. The van der Waals surface area contributed by atoms with Crippen LogP contribution in [0.1, 0.15) is 0 Å². The van der Waals surface area contributed by atoms with Gasteiger partial charge in [-0.1, -0.05) is 0 Å². The van der Waals surface area contributed by atoms with Gasteiger partial charge in [-0.3, -0.25) is 4.42 Å². The Morgan fingerprint density at radius 1 is 1.60 bits per heavy atom. The van der Waals surface area contributed by atoms with Gasteiger partial charge in [0.2, 0.25) is 0 Å². The van der Waals surface area contributed by atoms with Crippen molar-refractivity contribution in [2.75, 3.05) is 5.75 Å². The lowest BCUT2D eigenvalue weighted by atomic mass is 10.3. The Labute approximate surface area is 69.1 Å². The standard InChI is InChI=1S/C7H6ClNS/c8-9-4-1-2-7-6(9)3-5-10-7/h1-4H,5H2. The molecule has 0 aromatic heterocycles. The van der Waals surface area contributed by atoms with Gasteiger partial charge in [0, 0.05) is 28.6 Å². The minimum atomic E-state index is 1.05. The van der Waals surface area contributed by atoms with Gasteiger partial charge in [-0.25, -0.2) is 0 Å². The quantitative estimate of drug-likeness (QED) is 0.516. The molecule has 2 rings (SSSR count). The van der Waals surface area contributed by atoms with Crippen LogP contribution in [0, 0.1) is 0 Å². The molecule has 2 heterocycles. The van der Waals surface area contributed by atoms with Crippen molar-refractivity contribution in [3.8, 4) is 0 Å². The molecule has 0 unspecified atom stereocenters. The Balaban J connectivity index is 2.39. The largest absolute Gasteiger partial charge is 0.260 e. The SMILES string of the molecule is ClN1C=CC=C2SCC=C21. The highest BCUT2D eigenvalue weighted by atomic mass is 35.5. The fraction of sp³-hybridized carbons (Fsp3) is 0.143. The van der Waals surface area contributed by atoms with Gasteiger partial charge in [0.25, 0.3) is 0 Å². The number of fused-ring (bicyclic) bond motifs is 1. The van der Waals surface area contributed by atoms with Crippen molar-refractivity contribution in [3.05, 3.63) is 35.0 Å². The molecule has 0 aliphatic carbocycles. The fourth-order valence-corrected chi connectivity index (χ4v) is 2.20. The molecule has 0 amide bonds. The molecule has 0 bridgehead atoms. The van der Waals surface area contributed by atoms with Crippen molar-refractivity contribution < 1.29 is 0 Å². The van der Waals surface area contributed by atoms with Crippen LogP contribution in [0.5, 0.6) is 0 Å². The number of halogens is 1. The minimum absolute atomic E-state index is 1.05.